The lowest BCUT2D eigenvalue weighted by Gasteiger charge is -2.38. The predicted octanol–water partition coefficient (Wildman–Crippen LogP) is 2.62. The zero-order chi connectivity index (χ0) is 15.9. The van der Waals surface area contributed by atoms with Crippen molar-refractivity contribution in [3.05, 3.63) is 36.7 Å². The number of hydrogen-bond donors (Lipinski definition) is 2. The van der Waals surface area contributed by atoms with Crippen molar-refractivity contribution >= 4 is 28.3 Å². The third-order valence-electron chi connectivity index (χ3n) is 4.92. The molecule has 23 heavy (non-hydrogen) atoms. The maximum atomic E-state index is 12.8. The van der Waals surface area contributed by atoms with Crippen LogP contribution in [-0.4, -0.2) is 22.8 Å². The lowest BCUT2D eigenvalue weighted by molar-refractivity contribution is -0.146. The lowest BCUT2D eigenvalue weighted by Crippen LogP contribution is -2.53. The normalized spacial score (nSPS) is 19.0. The standard InChI is InChI=1S/C18H19N3O2/c22-16(20-13-5-6-13)18(8-2-9-18)17(23)21-15-4-1-3-12-11-19-10-7-14(12)15/h1,3-4,7,10-11,13H,2,5-6,8-9H2,(H,20,22)(H,21,23). The van der Waals surface area contributed by atoms with Gasteiger partial charge in [-0.2, -0.15) is 0 Å². The summed E-state index contributed by atoms with van der Waals surface area (Å²) in [6.45, 7) is 0. The lowest BCUT2D eigenvalue weighted by atomic mass is 9.67. The molecule has 118 valence electrons. The van der Waals surface area contributed by atoms with Crippen molar-refractivity contribution in [2.24, 2.45) is 5.41 Å². The Morgan fingerprint density at radius 2 is 1.96 bits per heavy atom. The van der Waals surface area contributed by atoms with Gasteiger partial charge in [-0.3, -0.25) is 14.6 Å². The van der Waals surface area contributed by atoms with Crippen LogP contribution in [-0.2, 0) is 9.59 Å². The van der Waals surface area contributed by atoms with E-state index in [9.17, 15) is 9.59 Å². The zero-order valence-electron chi connectivity index (χ0n) is 12.8. The SMILES string of the molecule is O=C(Nc1cccc2cnccc12)C1(C(=O)NC2CC2)CCC1. The molecule has 2 aromatic rings. The van der Waals surface area contributed by atoms with Crippen molar-refractivity contribution in [2.45, 2.75) is 38.1 Å². The number of amides is 2. The number of hydrogen-bond acceptors (Lipinski definition) is 3. The van der Waals surface area contributed by atoms with Crippen LogP contribution in [0, 0.1) is 5.41 Å². The smallest absolute Gasteiger partial charge is 0.240 e. The highest BCUT2D eigenvalue weighted by Gasteiger charge is 2.51. The Kier molecular flexibility index (Phi) is 3.29. The van der Waals surface area contributed by atoms with Gasteiger partial charge < -0.3 is 10.6 Å². The second-order valence-corrected chi connectivity index (χ2v) is 6.54. The number of carbonyl (C=O) groups is 2. The number of pyridine rings is 1. The fraction of sp³-hybridized carbons (Fsp3) is 0.389. The summed E-state index contributed by atoms with van der Waals surface area (Å²) in [5, 5.41) is 7.87. The molecule has 0 atom stereocenters. The number of anilines is 1. The Bertz CT molecular complexity index is 773. The highest BCUT2D eigenvalue weighted by Crippen LogP contribution is 2.43. The molecule has 2 N–H and O–H groups in total. The number of nitrogens with zero attached hydrogens (tertiary/aromatic N) is 1. The number of fused-ring (bicyclic) bond motifs is 1. The van der Waals surface area contributed by atoms with Gasteiger partial charge in [-0.1, -0.05) is 18.6 Å². The summed E-state index contributed by atoms with van der Waals surface area (Å²) in [4.78, 5) is 29.4. The van der Waals surface area contributed by atoms with Crippen LogP contribution in [0.5, 0.6) is 0 Å². The average molecular weight is 309 g/mol. The fourth-order valence-electron chi connectivity index (χ4n) is 3.11. The second kappa shape index (κ2) is 5.33. The minimum Gasteiger partial charge on any atom is -0.352 e. The van der Waals surface area contributed by atoms with Crippen molar-refractivity contribution in [3.63, 3.8) is 0 Å². The molecule has 0 spiro atoms. The molecular formula is C18H19N3O2. The number of nitrogens with one attached hydrogen (secondary N) is 2. The number of benzene rings is 1. The zero-order valence-corrected chi connectivity index (χ0v) is 12.8. The Labute approximate surface area is 134 Å². The molecule has 1 aromatic carbocycles. The van der Waals surface area contributed by atoms with Crippen LogP contribution in [0.2, 0.25) is 0 Å². The third-order valence-corrected chi connectivity index (χ3v) is 4.92. The van der Waals surface area contributed by atoms with Gasteiger partial charge in [-0.05, 0) is 37.8 Å². The maximum Gasteiger partial charge on any atom is 0.240 e. The molecule has 2 aliphatic rings. The van der Waals surface area contributed by atoms with E-state index in [2.05, 4.69) is 15.6 Å². The van der Waals surface area contributed by atoms with Crippen LogP contribution in [0.15, 0.2) is 36.7 Å². The molecule has 2 aliphatic carbocycles. The summed E-state index contributed by atoms with van der Waals surface area (Å²) < 4.78 is 0. The summed E-state index contributed by atoms with van der Waals surface area (Å²) >= 11 is 0. The van der Waals surface area contributed by atoms with Gasteiger partial charge in [0.05, 0.1) is 0 Å². The second-order valence-electron chi connectivity index (χ2n) is 6.54. The highest BCUT2D eigenvalue weighted by molar-refractivity contribution is 6.13. The van der Waals surface area contributed by atoms with Crippen molar-refractivity contribution < 1.29 is 9.59 Å². The van der Waals surface area contributed by atoms with Gasteiger partial charge in [-0.15, -0.1) is 0 Å². The Morgan fingerprint density at radius 3 is 2.65 bits per heavy atom. The Morgan fingerprint density at radius 1 is 1.13 bits per heavy atom. The first-order valence-electron chi connectivity index (χ1n) is 8.14. The van der Waals surface area contributed by atoms with E-state index in [4.69, 9.17) is 0 Å². The van der Waals surface area contributed by atoms with E-state index in [1.165, 1.54) is 0 Å². The van der Waals surface area contributed by atoms with Crippen LogP contribution in [0.1, 0.15) is 32.1 Å². The Hall–Kier alpha value is -2.43. The van der Waals surface area contributed by atoms with Crippen molar-refractivity contribution in [1.82, 2.24) is 10.3 Å². The van der Waals surface area contributed by atoms with Crippen molar-refractivity contribution in [3.8, 4) is 0 Å². The molecule has 0 bridgehead atoms. The fourth-order valence-corrected chi connectivity index (χ4v) is 3.11. The van der Waals surface area contributed by atoms with Gasteiger partial charge >= 0.3 is 0 Å². The summed E-state index contributed by atoms with van der Waals surface area (Å²) in [5.41, 5.74) is -0.155. The van der Waals surface area contributed by atoms with Crippen LogP contribution in [0.3, 0.4) is 0 Å². The highest BCUT2D eigenvalue weighted by atomic mass is 16.2. The molecule has 1 heterocycles. The summed E-state index contributed by atoms with van der Waals surface area (Å²) in [6, 6.07) is 7.86. The number of rotatable bonds is 4. The van der Waals surface area contributed by atoms with Crippen LogP contribution in [0.4, 0.5) is 5.69 Å². The topological polar surface area (TPSA) is 71.1 Å². The van der Waals surface area contributed by atoms with E-state index in [1.807, 2.05) is 24.3 Å². The Balaban J connectivity index is 1.59. The largest absolute Gasteiger partial charge is 0.352 e. The molecule has 5 nitrogen and oxygen atoms in total. The molecule has 0 aliphatic heterocycles. The van der Waals surface area contributed by atoms with E-state index < -0.39 is 5.41 Å². The molecule has 0 radical (unpaired) electrons. The molecular weight excluding hydrogens is 290 g/mol. The quantitative estimate of drug-likeness (QED) is 0.853. The van der Waals surface area contributed by atoms with E-state index in [1.54, 1.807) is 12.4 Å². The minimum atomic E-state index is -0.891. The third kappa shape index (κ3) is 2.46. The summed E-state index contributed by atoms with van der Waals surface area (Å²) in [6.07, 6.45) is 7.71. The number of carbonyl (C=O) groups excluding carboxylic acids is 2. The maximum absolute atomic E-state index is 12.8. The first kappa shape index (κ1) is 14.2. The summed E-state index contributed by atoms with van der Waals surface area (Å²) in [7, 11) is 0. The molecule has 1 aromatic heterocycles. The van der Waals surface area contributed by atoms with Gasteiger partial charge in [0.25, 0.3) is 0 Å². The molecule has 0 unspecified atom stereocenters. The minimum absolute atomic E-state index is 0.106. The average Bonchev–Trinajstić information content (AvgIpc) is 3.30. The van der Waals surface area contributed by atoms with E-state index in [-0.39, 0.29) is 17.9 Å². The first-order chi connectivity index (χ1) is 11.2. The molecule has 4 rings (SSSR count). The molecule has 2 saturated carbocycles. The van der Waals surface area contributed by atoms with E-state index in [0.717, 1.165) is 35.7 Å². The van der Waals surface area contributed by atoms with Gasteiger partial charge in [0.15, 0.2) is 0 Å². The molecule has 2 fully saturated rings. The van der Waals surface area contributed by atoms with Crippen LogP contribution < -0.4 is 10.6 Å². The van der Waals surface area contributed by atoms with Crippen LogP contribution in [0.25, 0.3) is 10.8 Å². The van der Waals surface area contributed by atoms with Gasteiger partial charge in [0, 0.05) is 34.9 Å². The predicted molar refractivity (Wildman–Crippen MR) is 87.8 cm³/mol. The summed E-state index contributed by atoms with van der Waals surface area (Å²) in [5.74, 6) is -0.295. The molecule has 0 saturated heterocycles. The van der Waals surface area contributed by atoms with E-state index >= 15 is 0 Å². The van der Waals surface area contributed by atoms with Gasteiger partial charge in [0.1, 0.15) is 5.41 Å². The van der Waals surface area contributed by atoms with E-state index in [0.29, 0.717) is 12.8 Å². The van der Waals surface area contributed by atoms with Crippen molar-refractivity contribution in [1.29, 1.82) is 0 Å². The molecule has 2 amide bonds. The first-order valence-corrected chi connectivity index (χ1v) is 8.14. The number of aromatic nitrogens is 1. The van der Waals surface area contributed by atoms with Gasteiger partial charge in [0.2, 0.25) is 11.8 Å². The molecule has 5 heteroatoms. The monoisotopic (exact) mass is 309 g/mol. The van der Waals surface area contributed by atoms with Crippen LogP contribution >= 0.6 is 0 Å². The van der Waals surface area contributed by atoms with Gasteiger partial charge in [-0.25, -0.2) is 0 Å². The van der Waals surface area contributed by atoms with Crippen molar-refractivity contribution in [2.75, 3.05) is 5.32 Å².